The van der Waals surface area contributed by atoms with Crippen molar-refractivity contribution >= 4 is 60.8 Å². The molecule has 0 radical (unpaired) electrons. The molecule has 69 heavy (non-hydrogen) atoms. The number of nitrogens with zero attached hydrogens (tertiary/aromatic N) is 2. The maximum atomic E-state index is 6.52. The van der Waals surface area contributed by atoms with Crippen LogP contribution in [0.15, 0.2) is 271 Å². The molecule has 0 aliphatic carbocycles. The minimum absolute atomic E-state index is 0.895. The number of anilines is 3. The first-order chi connectivity index (χ1) is 34.2. The lowest BCUT2D eigenvalue weighted by Gasteiger charge is -2.29. The van der Waals surface area contributed by atoms with Crippen molar-refractivity contribution in [2.75, 3.05) is 4.90 Å². The van der Waals surface area contributed by atoms with Gasteiger partial charge in [0.2, 0.25) is 0 Å². The van der Waals surface area contributed by atoms with E-state index in [1.54, 1.807) is 0 Å². The Morgan fingerprint density at radius 3 is 1.52 bits per heavy atom. The summed E-state index contributed by atoms with van der Waals surface area (Å²) in [6.07, 6.45) is 0. The zero-order chi connectivity index (χ0) is 45.7. The average Bonchev–Trinajstić information content (AvgIpc) is 3.98. The molecule has 2 heterocycles. The Balaban J connectivity index is 0.972. The van der Waals surface area contributed by atoms with Crippen molar-refractivity contribution in [1.82, 2.24) is 4.57 Å². The molecule has 0 spiro atoms. The van der Waals surface area contributed by atoms with Crippen LogP contribution < -0.4 is 4.90 Å². The molecule has 0 atom stereocenters. The molecule has 0 saturated carbocycles. The molecule has 3 heteroatoms. The lowest BCUT2D eigenvalue weighted by atomic mass is 9.92. The first kappa shape index (κ1) is 40.1. The van der Waals surface area contributed by atoms with Crippen LogP contribution in [0.2, 0.25) is 0 Å². The fraction of sp³-hybridized carbons (Fsp3) is 0. The van der Waals surface area contributed by atoms with Crippen LogP contribution in [-0.2, 0) is 0 Å². The Morgan fingerprint density at radius 2 is 0.783 bits per heavy atom. The van der Waals surface area contributed by atoms with Gasteiger partial charge in [0.15, 0.2) is 0 Å². The van der Waals surface area contributed by atoms with Crippen molar-refractivity contribution in [2.45, 2.75) is 0 Å². The number of para-hydroxylation sites is 6. The van der Waals surface area contributed by atoms with Gasteiger partial charge in [-0.3, -0.25) is 0 Å². The monoisotopic (exact) mass is 880 g/mol. The molecule has 324 valence electrons. The van der Waals surface area contributed by atoms with Crippen molar-refractivity contribution in [3.8, 4) is 61.3 Å². The second-order valence-corrected chi connectivity index (χ2v) is 17.6. The lowest BCUT2D eigenvalue weighted by Crippen LogP contribution is -2.11. The van der Waals surface area contributed by atoms with Crippen LogP contribution in [0.3, 0.4) is 0 Å². The number of hydrogen-bond donors (Lipinski definition) is 0. The van der Waals surface area contributed by atoms with Gasteiger partial charge in [0.25, 0.3) is 0 Å². The van der Waals surface area contributed by atoms with Gasteiger partial charge in [0.1, 0.15) is 11.2 Å². The summed E-state index contributed by atoms with van der Waals surface area (Å²) >= 11 is 0. The highest BCUT2D eigenvalue weighted by Crippen LogP contribution is 2.47. The topological polar surface area (TPSA) is 21.3 Å². The molecule has 13 aromatic rings. The van der Waals surface area contributed by atoms with Crippen molar-refractivity contribution in [3.05, 3.63) is 267 Å². The highest BCUT2D eigenvalue weighted by Gasteiger charge is 2.22. The normalized spacial score (nSPS) is 11.5. The summed E-state index contributed by atoms with van der Waals surface area (Å²) in [5.74, 6) is 0. The predicted octanol–water partition coefficient (Wildman–Crippen LogP) is 18.5. The van der Waals surface area contributed by atoms with Crippen molar-refractivity contribution < 1.29 is 4.42 Å². The molecule has 0 amide bonds. The van der Waals surface area contributed by atoms with Crippen LogP contribution in [0.25, 0.3) is 105 Å². The maximum absolute atomic E-state index is 6.52. The number of hydrogen-bond acceptors (Lipinski definition) is 2. The smallest absolute Gasteiger partial charge is 0.143 e. The second kappa shape index (κ2) is 16.9. The van der Waals surface area contributed by atoms with Gasteiger partial charge < -0.3 is 13.9 Å². The van der Waals surface area contributed by atoms with E-state index in [0.29, 0.717) is 0 Å². The van der Waals surface area contributed by atoms with Gasteiger partial charge in [-0.15, -0.1) is 0 Å². The summed E-state index contributed by atoms with van der Waals surface area (Å²) < 4.78 is 8.95. The summed E-state index contributed by atoms with van der Waals surface area (Å²) in [7, 11) is 0. The molecular formula is C66H44N2O. The Bertz CT molecular complexity index is 3960. The number of fused-ring (bicyclic) bond motifs is 6. The van der Waals surface area contributed by atoms with Crippen molar-refractivity contribution in [1.29, 1.82) is 0 Å². The quantitative estimate of drug-likeness (QED) is 0.144. The fourth-order valence-electron chi connectivity index (χ4n) is 10.4. The van der Waals surface area contributed by atoms with Crippen LogP contribution >= 0.6 is 0 Å². The molecule has 0 fully saturated rings. The summed E-state index contributed by atoms with van der Waals surface area (Å²) in [4.78, 5) is 2.42. The van der Waals surface area contributed by atoms with Crippen LogP contribution in [-0.4, -0.2) is 4.57 Å². The van der Waals surface area contributed by atoms with E-state index in [2.05, 4.69) is 264 Å². The van der Waals surface area contributed by atoms with Crippen LogP contribution in [0.4, 0.5) is 17.1 Å². The SMILES string of the molecule is c1ccc(-c2ccc(-c3cccc(N(c4ccc(-c5cccc6c5oc5ccccc56)cc4)c4ccccc4-c4ccccc4-c4ccccc4-n4c5ccccc5c5ccccc54)c3)cc2)cc1. The lowest BCUT2D eigenvalue weighted by molar-refractivity contribution is 0.670. The largest absolute Gasteiger partial charge is 0.455 e. The Labute approximate surface area is 401 Å². The summed E-state index contributed by atoms with van der Waals surface area (Å²) in [5, 5.41) is 4.73. The van der Waals surface area contributed by atoms with Gasteiger partial charge in [-0.05, 0) is 93.5 Å². The van der Waals surface area contributed by atoms with E-state index in [1.807, 2.05) is 12.1 Å². The number of furan rings is 1. The molecular weight excluding hydrogens is 837 g/mol. The van der Waals surface area contributed by atoms with E-state index >= 15 is 0 Å². The van der Waals surface area contributed by atoms with Crippen LogP contribution in [0, 0.1) is 0 Å². The van der Waals surface area contributed by atoms with Gasteiger partial charge in [-0.2, -0.15) is 0 Å². The molecule has 0 aliphatic heterocycles. The van der Waals surface area contributed by atoms with Gasteiger partial charge in [-0.1, -0.05) is 212 Å². The second-order valence-electron chi connectivity index (χ2n) is 17.6. The van der Waals surface area contributed by atoms with Crippen LogP contribution in [0.1, 0.15) is 0 Å². The van der Waals surface area contributed by atoms with E-state index in [9.17, 15) is 0 Å². The summed E-state index contributed by atoms with van der Waals surface area (Å²) in [5.41, 5.74) is 19.9. The molecule has 0 aliphatic rings. The Hall–Kier alpha value is -9.18. The molecule has 0 N–H and O–H groups in total. The number of rotatable bonds is 9. The first-order valence-electron chi connectivity index (χ1n) is 23.6. The minimum Gasteiger partial charge on any atom is -0.455 e. The fourth-order valence-corrected chi connectivity index (χ4v) is 10.4. The molecule has 0 bridgehead atoms. The van der Waals surface area contributed by atoms with Gasteiger partial charge in [-0.25, -0.2) is 0 Å². The zero-order valence-corrected chi connectivity index (χ0v) is 37.7. The van der Waals surface area contributed by atoms with Crippen molar-refractivity contribution in [3.63, 3.8) is 0 Å². The minimum atomic E-state index is 0.895. The van der Waals surface area contributed by atoms with E-state index in [1.165, 1.54) is 32.9 Å². The zero-order valence-electron chi connectivity index (χ0n) is 37.7. The van der Waals surface area contributed by atoms with E-state index < -0.39 is 0 Å². The van der Waals surface area contributed by atoms with Gasteiger partial charge in [0.05, 0.1) is 22.4 Å². The molecule has 0 saturated heterocycles. The average molecular weight is 881 g/mol. The summed E-state index contributed by atoms with van der Waals surface area (Å²) in [6, 6.07) is 96.1. The maximum Gasteiger partial charge on any atom is 0.143 e. The molecule has 3 nitrogen and oxygen atoms in total. The summed E-state index contributed by atoms with van der Waals surface area (Å²) in [6.45, 7) is 0. The Kier molecular flexibility index (Phi) is 9.84. The highest BCUT2D eigenvalue weighted by molar-refractivity contribution is 6.11. The van der Waals surface area contributed by atoms with Crippen molar-refractivity contribution in [2.24, 2.45) is 0 Å². The molecule has 13 rings (SSSR count). The molecule has 0 unspecified atom stereocenters. The van der Waals surface area contributed by atoms with E-state index in [0.717, 1.165) is 89.2 Å². The van der Waals surface area contributed by atoms with E-state index in [-0.39, 0.29) is 0 Å². The van der Waals surface area contributed by atoms with Gasteiger partial charge in [0, 0.05) is 49.6 Å². The number of benzene rings is 11. The third-order valence-corrected chi connectivity index (χ3v) is 13.6. The van der Waals surface area contributed by atoms with Crippen LogP contribution in [0.5, 0.6) is 0 Å². The highest BCUT2D eigenvalue weighted by atomic mass is 16.3. The predicted molar refractivity (Wildman–Crippen MR) is 290 cm³/mol. The third-order valence-electron chi connectivity index (χ3n) is 13.6. The molecule has 2 aromatic heterocycles. The first-order valence-corrected chi connectivity index (χ1v) is 23.6. The molecule has 11 aromatic carbocycles. The van der Waals surface area contributed by atoms with E-state index in [4.69, 9.17) is 4.42 Å². The van der Waals surface area contributed by atoms with Gasteiger partial charge >= 0.3 is 0 Å². The third kappa shape index (κ3) is 6.99. The Morgan fingerprint density at radius 1 is 0.290 bits per heavy atom. The standard InChI is InChI=1S/C66H44N2O/c1-2-18-45(19-3-1)46-36-38-47(39-37-46)49-20-16-21-51(44-49)67(50-42-40-48(41-43-50)52-29-17-30-60-59-28-10-15-35-65(59)69-66(52)60)61-31-11-6-24-55(61)53-22-4-5-23-54(53)56-25-7-12-32-62(56)68-63-33-13-8-26-57(63)58-27-9-14-34-64(58)68/h1-44H. The number of aromatic nitrogens is 1.